The third kappa shape index (κ3) is 5.45. The molecule has 1 aliphatic heterocycles. The summed E-state index contributed by atoms with van der Waals surface area (Å²) in [7, 11) is 4.20. The minimum absolute atomic E-state index is 0.152. The van der Waals surface area contributed by atoms with Crippen LogP contribution in [0.2, 0.25) is 0 Å². The van der Waals surface area contributed by atoms with Gasteiger partial charge in [-0.05, 0) is 25.0 Å². The van der Waals surface area contributed by atoms with Crippen molar-refractivity contribution >= 4 is 16.3 Å². The molecule has 0 spiro atoms. The summed E-state index contributed by atoms with van der Waals surface area (Å²) in [6, 6.07) is 5.68. The summed E-state index contributed by atoms with van der Waals surface area (Å²) in [5.41, 5.74) is 1.83. The quantitative estimate of drug-likeness (QED) is 0.612. The Bertz CT molecular complexity index is 577. The maximum atomic E-state index is 10.1. The van der Waals surface area contributed by atoms with Gasteiger partial charge in [-0.2, -0.15) is 0 Å². The third-order valence-electron chi connectivity index (χ3n) is 4.24. The molecule has 0 saturated heterocycles. The molecule has 3 atom stereocenters. The number of aliphatic hydroxyl groups excluding tert-OH is 1. The van der Waals surface area contributed by atoms with Gasteiger partial charge >= 0.3 is 25.2 Å². The summed E-state index contributed by atoms with van der Waals surface area (Å²) >= 11 is 3.66. The zero-order valence-corrected chi connectivity index (χ0v) is 15.1. The predicted molar refractivity (Wildman–Crippen MR) is 94.7 cm³/mol. The van der Waals surface area contributed by atoms with Gasteiger partial charge in [0, 0.05) is 18.3 Å². The molecule has 0 aromatic carbocycles. The average Bonchev–Trinajstić information content (AvgIpc) is 2.67. The number of aromatic nitrogens is 1. The van der Waals surface area contributed by atoms with Crippen molar-refractivity contribution < 1.29 is 20.2 Å². The Hall–Kier alpha value is -1.13. The van der Waals surface area contributed by atoms with E-state index in [2.05, 4.69) is 35.5 Å². The molecule has 2 heterocycles. The molecule has 1 N–H and O–H groups in total. The number of rotatable bonds is 4. The third-order valence-corrected chi connectivity index (χ3v) is 4.24. The zero-order valence-electron chi connectivity index (χ0n) is 13.4. The van der Waals surface area contributed by atoms with Crippen LogP contribution in [0.1, 0.15) is 37.4 Å². The van der Waals surface area contributed by atoms with Gasteiger partial charge in [0.25, 0.3) is 0 Å². The van der Waals surface area contributed by atoms with Crippen LogP contribution < -0.4 is 0 Å². The number of hydrogen-bond donors (Lipinski definition) is 1. The van der Waals surface area contributed by atoms with Crippen LogP contribution in [0.15, 0.2) is 53.3 Å². The standard InChI is InChI=1S/C18H22N3O.ClH.Cu/c22-17-10-2-1-7-14(17)13-21-18(15-8-3-5-11-19-15)16-9-4-6-12-20-16;;/h3-6,8-9,11,13-14,17-18,22H,1-2,7,10,12H2;1H;/q-1;;+2/p-1. The van der Waals surface area contributed by atoms with E-state index in [1.807, 2.05) is 42.6 Å². The SMILES string of the molecule is OC1CCCCC1C=NC(C1=CC=CC[N-]1)c1ccccn1.[Cl][Cu+]. The Labute approximate surface area is 156 Å². The molecule has 1 saturated carbocycles. The minimum atomic E-state index is -0.265. The van der Waals surface area contributed by atoms with Gasteiger partial charge in [-0.3, -0.25) is 9.98 Å². The number of pyridine rings is 1. The van der Waals surface area contributed by atoms with Crippen molar-refractivity contribution in [3.8, 4) is 0 Å². The van der Waals surface area contributed by atoms with Crippen LogP contribution in [0.5, 0.6) is 0 Å². The van der Waals surface area contributed by atoms with Crippen LogP contribution in [-0.2, 0) is 15.1 Å². The molecule has 0 bridgehead atoms. The molecule has 24 heavy (non-hydrogen) atoms. The topological polar surface area (TPSA) is 59.6 Å². The Morgan fingerprint density at radius 2 is 2.17 bits per heavy atom. The van der Waals surface area contributed by atoms with Gasteiger partial charge in [0.1, 0.15) is 0 Å². The summed E-state index contributed by atoms with van der Waals surface area (Å²) in [5.74, 6) is 0.152. The molecule has 0 amide bonds. The second kappa shape index (κ2) is 10.7. The van der Waals surface area contributed by atoms with Crippen molar-refractivity contribution in [2.75, 3.05) is 6.54 Å². The van der Waals surface area contributed by atoms with E-state index in [4.69, 9.17) is 4.99 Å². The number of halogens is 1. The first-order valence-electron chi connectivity index (χ1n) is 8.12. The van der Waals surface area contributed by atoms with Crippen molar-refractivity contribution in [2.45, 2.75) is 37.8 Å². The van der Waals surface area contributed by atoms with Crippen LogP contribution in [0, 0.1) is 5.92 Å². The Morgan fingerprint density at radius 1 is 1.33 bits per heavy atom. The molecule has 2 aliphatic rings. The van der Waals surface area contributed by atoms with E-state index in [9.17, 15) is 5.11 Å². The molecule has 133 valence electrons. The maximum absolute atomic E-state index is 10.1. The number of allylic oxidation sites excluding steroid dienone is 2. The van der Waals surface area contributed by atoms with Crippen molar-refractivity contribution in [2.24, 2.45) is 10.9 Å². The van der Waals surface area contributed by atoms with Crippen LogP contribution >= 0.6 is 10.1 Å². The second-order valence-electron chi connectivity index (χ2n) is 5.83. The van der Waals surface area contributed by atoms with Crippen molar-refractivity contribution in [3.63, 3.8) is 0 Å². The predicted octanol–water partition coefficient (Wildman–Crippen LogP) is 4.26. The molecule has 0 radical (unpaired) electrons. The Balaban J connectivity index is 0.00000100. The van der Waals surface area contributed by atoms with E-state index in [-0.39, 0.29) is 18.1 Å². The van der Waals surface area contributed by atoms with Crippen LogP contribution in [0.25, 0.3) is 5.32 Å². The van der Waals surface area contributed by atoms with E-state index in [1.54, 1.807) is 6.20 Å². The zero-order chi connectivity index (χ0) is 17.2. The molecule has 1 aromatic heterocycles. The fourth-order valence-electron chi connectivity index (χ4n) is 2.97. The van der Waals surface area contributed by atoms with Crippen molar-refractivity contribution in [3.05, 3.63) is 59.3 Å². The molecule has 6 heteroatoms. The van der Waals surface area contributed by atoms with E-state index in [0.29, 0.717) is 6.54 Å². The molecule has 3 unspecified atom stereocenters. The monoisotopic (exact) mass is 394 g/mol. The van der Waals surface area contributed by atoms with E-state index in [1.165, 1.54) is 0 Å². The summed E-state index contributed by atoms with van der Waals surface area (Å²) < 4.78 is 0. The number of nitrogens with zero attached hydrogens (tertiary/aromatic N) is 3. The van der Waals surface area contributed by atoms with Crippen molar-refractivity contribution in [1.29, 1.82) is 0 Å². The first kappa shape index (κ1) is 19.2. The summed E-state index contributed by atoms with van der Waals surface area (Å²) in [6.07, 6.45) is 13.6. The Kier molecular flexibility index (Phi) is 8.54. The molecule has 1 aromatic rings. The van der Waals surface area contributed by atoms with Crippen LogP contribution in [0.3, 0.4) is 0 Å². The van der Waals surface area contributed by atoms with Gasteiger partial charge in [-0.1, -0.05) is 31.1 Å². The van der Waals surface area contributed by atoms with Gasteiger partial charge in [-0.25, -0.2) is 0 Å². The molecule has 1 fully saturated rings. The van der Waals surface area contributed by atoms with Gasteiger partial charge in [-0.15, -0.1) is 18.3 Å². The molecule has 4 nitrogen and oxygen atoms in total. The fourth-order valence-corrected chi connectivity index (χ4v) is 2.97. The summed E-state index contributed by atoms with van der Waals surface area (Å²) in [4.78, 5) is 9.18. The van der Waals surface area contributed by atoms with Crippen LogP contribution in [-0.4, -0.2) is 29.0 Å². The molecule has 1 aliphatic carbocycles. The first-order chi connectivity index (χ1) is 11.8. The summed E-state index contributed by atoms with van der Waals surface area (Å²) in [6.45, 7) is 0.691. The molecule has 3 rings (SSSR count). The van der Waals surface area contributed by atoms with E-state index in [0.717, 1.165) is 37.1 Å². The average molecular weight is 395 g/mol. The van der Waals surface area contributed by atoms with E-state index < -0.39 is 0 Å². The normalized spacial score (nSPS) is 24.6. The van der Waals surface area contributed by atoms with Crippen molar-refractivity contribution in [1.82, 2.24) is 4.98 Å². The Morgan fingerprint density at radius 3 is 2.83 bits per heavy atom. The fraction of sp³-hybridized carbons (Fsp3) is 0.444. The van der Waals surface area contributed by atoms with Gasteiger partial charge < -0.3 is 10.4 Å². The molecular weight excluding hydrogens is 373 g/mol. The van der Waals surface area contributed by atoms with Gasteiger partial charge in [0.05, 0.1) is 17.8 Å². The number of hydrogen-bond acceptors (Lipinski definition) is 3. The number of aliphatic hydroxyl groups is 1. The van der Waals surface area contributed by atoms with Crippen LogP contribution in [0.4, 0.5) is 0 Å². The second-order valence-corrected chi connectivity index (χ2v) is 5.83. The van der Waals surface area contributed by atoms with E-state index >= 15 is 0 Å². The van der Waals surface area contributed by atoms with Gasteiger partial charge in [0.2, 0.25) is 0 Å². The summed E-state index contributed by atoms with van der Waals surface area (Å²) in [5, 5.41) is 14.7. The van der Waals surface area contributed by atoms with Gasteiger partial charge in [0.15, 0.2) is 0 Å². The first-order valence-corrected chi connectivity index (χ1v) is 9.42. The molecular formula is C18H22ClCuN3O. The number of aliphatic imine (C=N–C) groups is 1.